The van der Waals surface area contributed by atoms with Crippen LogP contribution in [0, 0.1) is 29.6 Å². The molecule has 1 aromatic rings. The Morgan fingerprint density at radius 3 is 2.04 bits per heavy atom. The zero-order valence-electron chi connectivity index (χ0n) is 15.8. The minimum Gasteiger partial charge on any atom is -0.312 e. The first kappa shape index (κ1) is 16.4. The predicted octanol–water partition coefficient (Wildman–Crippen LogP) is 5.90. The fourth-order valence-electron chi connectivity index (χ4n) is 7.10. The average Bonchev–Trinajstić information content (AvgIpc) is 2.65. The number of hydrogen-bond donors (Lipinski definition) is 1. The molecule has 5 fully saturated rings. The van der Waals surface area contributed by atoms with Crippen LogP contribution in [-0.4, -0.2) is 6.54 Å². The van der Waals surface area contributed by atoms with E-state index < -0.39 is 0 Å². The molecule has 5 aliphatic rings. The zero-order chi connectivity index (χ0) is 16.6. The van der Waals surface area contributed by atoms with Gasteiger partial charge in [-0.3, -0.25) is 0 Å². The maximum Gasteiger partial charge on any atom is 0.0205 e. The van der Waals surface area contributed by atoms with Crippen molar-refractivity contribution >= 4 is 0 Å². The Kier molecular flexibility index (Phi) is 4.62. The number of benzene rings is 1. The molecule has 5 saturated carbocycles. The molecule has 0 radical (unpaired) electrons. The van der Waals surface area contributed by atoms with Crippen LogP contribution in [0.1, 0.15) is 81.3 Å². The van der Waals surface area contributed by atoms with Crippen molar-refractivity contribution in [2.75, 3.05) is 6.54 Å². The summed E-state index contributed by atoms with van der Waals surface area (Å²) in [6.07, 6.45) is 14.9. The summed E-state index contributed by atoms with van der Waals surface area (Å²) in [5, 5.41) is 3.83. The van der Waals surface area contributed by atoms with E-state index in [1.54, 1.807) is 37.7 Å². The van der Waals surface area contributed by atoms with Gasteiger partial charge in [0.25, 0.3) is 0 Å². The van der Waals surface area contributed by atoms with Crippen molar-refractivity contribution in [3.05, 3.63) is 35.4 Å². The highest BCUT2D eigenvalue weighted by Gasteiger charge is 2.47. The van der Waals surface area contributed by atoms with Crippen LogP contribution in [0.3, 0.4) is 0 Å². The van der Waals surface area contributed by atoms with E-state index in [0.29, 0.717) is 0 Å². The van der Waals surface area contributed by atoms with Crippen molar-refractivity contribution in [2.45, 2.75) is 76.7 Å². The van der Waals surface area contributed by atoms with Gasteiger partial charge in [-0.05, 0) is 98.1 Å². The average molecular weight is 338 g/mol. The molecule has 4 bridgehead atoms. The minimum absolute atomic E-state index is 0.837. The Morgan fingerprint density at radius 1 is 0.760 bits per heavy atom. The van der Waals surface area contributed by atoms with Crippen LogP contribution in [-0.2, 0) is 6.54 Å². The molecule has 0 spiro atoms. The summed E-state index contributed by atoms with van der Waals surface area (Å²) < 4.78 is 0. The fraction of sp³-hybridized carbons (Fsp3) is 0.750. The van der Waals surface area contributed by atoms with Crippen LogP contribution in [0.15, 0.2) is 24.3 Å². The molecule has 1 N–H and O–H groups in total. The van der Waals surface area contributed by atoms with Gasteiger partial charge in [0.1, 0.15) is 0 Å². The van der Waals surface area contributed by atoms with E-state index in [9.17, 15) is 0 Å². The number of rotatable bonds is 5. The molecule has 0 heterocycles. The Hall–Kier alpha value is -0.820. The molecule has 136 valence electrons. The van der Waals surface area contributed by atoms with Crippen LogP contribution in [0.2, 0.25) is 0 Å². The van der Waals surface area contributed by atoms with Crippen molar-refractivity contribution in [3.63, 3.8) is 0 Å². The SMILES string of the molecule is c1cc(C2CCCCC2)ccc1CNCC1C2CC3CC(C2)CC1C3. The largest absolute Gasteiger partial charge is 0.312 e. The Bertz CT molecular complexity index is 540. The second-order valence-electron chi connectivity index (χ2n) is 9.80. The monoisotopic (exact) mass is 337 g/mol. The Morgan fingerprint density at radius 2 is 1.40 bits per heavy atom. The molecule has 0 aliphatic heterocycles. The second kappa shape index (κ2) is 7.06. The van der Waals surface area contributed by atoms with Crippen molar-refractivity contribution in [1.82, 2.24) is 5.32 Å². The first-order valence-corrected chi connectivity index (χ1v) is 11.1. The third-order valence-corrected chi connectivity index (χ3v) is 8.19. The first-order chi connectivity index (χ1) is 12.3. The van der Waals surface area contributed by atoms with Gasteiger partial charge >= 0.3 is 0 Å². The summed E-state index contributed by atoms with van der Waals surface area (Å²) in [5.74, 6) is 6.13. The summed E-state index contributed by atoms with van der Waals surface area (Å²) in [6, 6.07) is 9.59. The first-order valence-electron chi connectivity index (χ1n) is 11.1. The molecule has 0 atom stereocenters. The van der Waals surface area contributed by atoms with E-state index in [1.165, 1.54) is 44.2 Å². The maximum atomic E-state index is 3.83. The van der Waals surface area contributed by atoms with Crippen LogP contribution in [0.5, 0.6) is 0 Å². The highest BCUT2D eigenvalue weighted by atomic mass is 14.9. The standard InChI is InChI=1S/C24H35N/c1-2-4-20(5-3-1)21-8-6-17(7-9-21)15-25-16-24-22-11-18-10-19(13-22)14-23(24)12-18/h6-9,18-20,22-25H,1-5,10-16H2. The van der Waals surface area contributed by atoms with Gasteiger partial charge in [0.15, 0.2) is 0 Å². The van der Waals surface area contributed by atoms with Crippen molar-refractivity contribution in [2.24, 2.45) is 29.6 Å². The van der Waals surface area contributed by atoms with Crippen LogP contribution in [0.4, 0.5) is 0 Å². The van der Waals surface area contributed by atoms with Gasteiger partial charge < -0.3 is 5.32 Å². The van der Waals surface area contributed by atoms with E-state index in [4.69, 9.17) is 0 Å². The zero-order valence-corrected chi connectivity index (χ0v) is 15.8. The molecular formula is C24H35N. The molecule has 1 nitrogen and oxygen atoms in total. The molecular weight excluding hydrogens is 302 g/mol. The van der Waals surface area contributed by atoms with Gasteiger partial charge in [-0.15, -0.1) is 0 Å². The van der Waals surface area contributed by atoms with Gasteiger partial charge in [0, 0.05) is 6.54 Å². The molecule has 0 aromatic heterocycles. The Balaban J connectivity index is 1.13. The van der Waals surface area contributed by atoms with Gasteiger partial charge in [-0.25, -0.2) is 0 Å². The lowest BCUT2D eigenvalue weighted by Crippen LogP contribution is -2.48. The lowest BCUT2D eigenvalue weighted by Gasteiger charge is -2.54. The van der Waals surface area contributed by atoms with E-state index in [1.807, 2.05) is 0 Å². The summed E-state index contributed by atoms with van der Waals surface area (Å²) in [5.41, 5.74) is 3.06. The number of nitrogens with one attached hydrogen (secondary N) is 1. The third kappa shape index (κ3) is 3.42. The molecule has 5 aliphatic carbocycles. The molecule has 0 amide bonds. The van der Waals surface area contributed by atoms with E-state index in [0.717, 1.165) is 42.1 Å². The molecule has 0 unspecified atom stereocenters. The lowest BCUT2D eigenvalue weighted by atomic mass is 9.52. The molecule has 0 saturated heterocycles. The normalized spacial score (nSPS) is 37.5. The maximum absolute atomic E-state index is 3.83. The van der Waals surface area contributed by atoms with Crippen LogP contribution >= 0.6 is 0 Å². The molecule has 25 heavy (non-hydrogen) atoms. The van der Waals surface area contributed by atoms with Gasteiger partial charge in [0.2, 0.25) is 0 Å². The third-order valence-electron chi connectivity index (χ3n) is 8.19. The Labute approximate surface area is 154 Å². The summed E-state index contributed by atoms with van der Waals surface area (Å²) in [7, 11) is 0. The smallest absolute Gasteiger partial charge is 0.0205 e. The minimum atomic E-state index is 0.837. The van der Waals surface area contributed by atoms with Gasteiger partial charge in [-0.1, -0.05) is 43.5 Å². The molecule has 6 rings (SSSR count). The van der Waals surface area contributed by atoms with Crippen LogP contribution in [0.25, 0.3) is 0 Å². The topological polar surface area (TPSA) is 12.0 Å². The van der Waals surface area contributed by atoms with Crippen molar-refractivity contribution in [1.29, 1.82) is 0 Å². The lowest BCUT2D eigenvalue weighted by molar-refractivity contribution is -0.0355. The van der Waals surface area contributed by atoms with E-state index >= 15 is 0 Å². The molecule has 1 heteroatoms. The fourth-order valence-corrected chi connectivity index (χ4v) is 7.10. The highest BCUT2D eigenvalue weighted by molar-refractivity contribution is 5.25. The summed E-state index contributed by atoms with van der Waals surface area (Å²) >= 11 is 0. The highest BCUT2D eigenvalue weighted by Crippen LogP contribution is 2.56. The van der Waals surface area contributed by atoms with Gasteiger partial charge in [0.05, 0.1) is 0 Å². The number of hydrogen-bond acceptors (Lipinski definition) is 1. The van der Waals surface area contributed by atoms with Crippen LogP contribution < -0.4 is 5.32 Å². The summed E-state index contributed by atoms with van der Waals surface area (Å²) in [4.78, 5) is 0. The predicted molar refractivity (Wildman–Crippen MR) is 105 cm³/mol. The van der Waals surface area contributed by atoms with E-state index in [2.05, 4.69) is 29.6 Å². The summed E-state index contributed by atoms with van der Waals surface area (Å²) in [6.45, 7) is 2.33. The van der Waals surface area contributed by atoms with Crippen molar-refractivity contribution in [3.8, 4) is 0 Å². The second-order valence-corrected chi connectivity index (χ2v) is 9.80. The quantitative estimate of drug-likeness (QED) is 0.705. The van der Waals surface area contributed by atoms with Gasteiger partial charge in [-0.2, -0.15) is 0 Å². The van der Waals surface area contributed by atoms with Crippen molar-refractivity contribution < 1.29 is 0 Å². The molecule has 1 aromatic carbocycles. The van der Waals surface area contributed by atoms with E-state index in [-0.39, 0.29) is 0 Å².